The van der Waals surface area contributed by atoms with Crippen molar-refractivity contribution in [1.29, 1.82) is 0 Å². The van der Waals surface area contributed by atoms with Crippen molar-refractivity contribution in [3.8, 4) is 0 Å². The molecule has 2 amide bonds. The number of carbonyl (C=O) groups is 2. The van der Waals surface area contributed by atoms with E-state index in [1.165, 1.54) is 6.92 Å². The van der Waals surface area contributed by atoms with Crippen LogP contribution in [-0.2, 0) is 9.53 Å². The Labute approximate surface area is 119 Å². The molecule has 4 N–H and O–H groups in total. The Morgan fingerprint density at radius 1 is 1.30 bits per heavy atom. The Kier molecular flexibility index (Phi) is 8.86. The number of methoxy groups -OCH3 is 1. The molecule has 118 valence electrons. The third kappa shape index (κ3) is 10.5. The summed E-state index contributed by atoms with van der Waals surface area (Å²) in [5.74, 6) is -1.11. The van der Waals surface area contributed by atoms with E-state index in [0.717, 1.165) is 6.54 Å². The summed E-state index contributed by atoms with van der Waals surface area (Å²) in [4.78, 5) is 23.9. The number of nitrogens with zero attached hydrogens (tertiary/aromatic N) is 1. The van der Waals surface area contributed by atoms with Crippen LogP contribution in [0.25, 0.3) is 0 Å². The standard InChI is InChI=1S/C12H25N3O5/c1-12(19,8-10(16)17)9-14-11(18)13-4-5-15(2)6-7-20-3/h19H,4-9H2,1-3H3,(H,16,17)(H2,13,14,18). The molecule has 0 saturated heterocycles. The van der Waals surface area contributed by atoms with Crippen molar-refractivity contribution in [1.82, 2.24) is 15.5 Å². The van der Waals surface area contributed by atoms with Crippen LogP contribution in [0.5, 0.6) is 0 Å². The summed E-state index contributed by atoms with van der Waals surface area (Å²) in [7, 11) is 3.54. The second-order valence-corrected chi connectivity index (χ2v) is 4.97. The van der Waals surface area contributed by atoms with Gasteiger partial charge in [0.05, 0.1) is 18.6 Å². The van der Waals surface area contributed by atoms with Gasteiger partial charge in [-0.05, 0) is 14.0 Å². The lowest BCUT2D eigenvalue weighted by Gasteiger charge is -2.22. The second-order valence-electron chi connectivity index (χ2n) is 4.97. The van der Waals surface area contributed by atoms with Crippen LogP contribution in [-0.4, -0.2) is 79.7 Å². The van der Waals surface area contributed by atoms with Crippen molar-refractivity contribution in [2.45, 2.75) is 18.9 Å². The Morgan fingerprint density at radius 2 is 1.95 bits per heavy atom. The van der Waals surface area contributed by atoms with Crippen molar-refractivity contribution in [3.05, 3.63) is 0 Å². The van der Waals surface area contributed by atoms with Gasteiger partial charge in [0.1, 0.15) is 0 Å². The number of amides is 2. The fourth-order valence-corrected chi connectivity index (χ4v) is 1.44. The van der Waals surface area contributed by atoms with Crippen molar-refractivity contribution >= 4 is 12.0 Å². The van der Waals surface area contributed by atoms with E-state index < -0.39 is 24.0 Å². The minimum atomic E-state index is -1.46. The quantitative estimate of drug-likeness (QED) is 0.415. The number of aliphatic hydroxyl groups is 1. The molecular weight excluding hydrogens is 266 g/mol. The Bertz CT molecular complexity index is 309. The van der Waals surface area contributed by atoms with Crippen molar-refractivity contribution in [3.63, 3.8) is 0 Å². The van der Waals surface area contributed by atoms with Gasteiger partial charge in [0.15, 0.2) is 0 Å². The lowest BCUT2D eigenvalue weighted by atomic mass is 10.0. The van der Waals surface area contributed by atoms with Gasteiger partial charge in [0, 0.05) is 33.3 Å². The van der Waals surface area contributed by atoms with E-state index in [-0.39, 0.29) is 6.54 Å². The molecule has 0 radical (unpaired) electrons. The summed E-state index contributed by atoms with van der Waals surface area (Å²) in [6.07, 6.45) is -0.424. The average molecular weight is 291 g/mol. The molecule has 20 heavy (non-hydrogen) atoms. The molecular formula is C12H25N3O5. The number of ether oxygens (including phenoxy) is 1. The highest BCUT2D eigenvalue weighted by atomic mass is 16.5. The van der Waals surface area contributed by atoms with Gasteiger partial charge in [-0.15, -0.1) is 0 Å². The molecule has 1 atom stereocenters. The summed E-state index contributed by atoms with van der Waals surface area (Å²) >= 11 is 0. The van der Waals surface area contributed by atoms with Crippen LogP contribution in [0.4, 0.5) is 4.79 Å². The van der Waals surface area contributed by atoms with Crippen molar-refractivity contribution in [2.75, 3.05) is 46.9 Å². The van der Waals surface area contributed by atoms with Gasteiger partial charge in [0.25, 0.3) is 0 Å². The van der Waals surface area contributed by atoms with Crippen molar-refractivity contribution in [2.24, 2.45) is 0 Å². The second kappa shape index (κ2) is 9.51. The molecule has 0 aromatic carbocycles. The molecule has 0 bridgehead atoms. The molecule has 0 aromatic heterocycles. The number of carboxylic acid groups (broad SMARTS) is 1. The number of likely N-dealkylation sites (N-methyl/N-ethyl adjacent to an activating group) is 1. The monoisotopic (exact) mass is 291 g/mol. The number of hydrogen-bond acceptors (Lipinski definition) is 5. The molecule has 0 rings (SSSR count). The maximum Gasteiger partial charge on any atom is 0.314 e. The molecule has 0 aliphatic heterocycles. The minimum absolute atomic E-state index is 0.120. The van der Waals surface area contributed by atoms with Crippen LogP contribution in [0.2, 0.25) is 0 Å². The molecule has 0 aromatic rings. The van der Waals surface area contributed by atoms with Crippen LogP contribution in [0, 0.1) is 0 Å². The maximum absolute atomic E-state index is 11.4. The van der Waals surface area contributed by atoms with E-state index in [1.807, 2.05) is 11.9 Å². The van der Waals surface area contributed by atoms with E-state index in [0.29, 0.717) is 19.7 Å². The number of hydrogen-bond donors (Lipinski definition) is 4. The zero-order chi connectivity index (χ0) is 15.6. The Balaban J connectivity index is 3.76. The van der Waals surface area contributed by atoms with E-state index in [1.54, 1.807) is 7.11 Å². The zero-order valence-electron chi connectivity index (χ0n) is 12.3. The molecule has 0 fully saturated rings. The normalized spacial score (nSPS) is 13.8. The number of rotatable bonds is 10. The van der Waals surface area contributed by atoms with Crippen LogP contribution < -0.4 is 10.6 Å². The summed E-state index contributed by atoms with van der Waals surface area (Å²) in [6, 6.07) is -0.434. The Morgan fingerprint density at radius 3 is 2.50 bits per heavy atom. The average Bonchev–Trinajstić information content (AvgIpc) is 2.32. The zero-order valence-corrected chi connectivity index (χ0v) is 12.3. The molecule has 1 unspecified atom stereocenters. The van der Waals surface area contributed by atoms with Crippen LogP contribution in [0.15, 0.2) is 0 Å². The fourth-order valence-electron chi connectivity index (χ4n) is 1.44. The lowest BCUT2D eigenvalue weighted by Crippen LogP contribution is -2.47. The smallest absolute Gasteiger partial charge is 0.314 e. The molecule has 0 saturated carbocycles. The SMILES string of the molecule is COCCN(C)CCNC(=O)NCC(C)(O)CC(=O)O. The molecule has 0 aliphatic rings. The van der Waals surface area contributed by atoms with Gasteiger partial charge in [-0.25, -0.2) is 4.79 Å². The van der Waals surface area contributed by atoms with Gasteiger partial charge in [-0.2, -0.15) is 0 Å². The predicted molar refractivity (Wildman–Crippen MR) is 73.7 cm³/mol. The summed E-state index contributed by atoms with van der Waals surface area (Å²) in [5.41, 5.74) is -1.46. The molecule has 0 aliphatic carbocycles. The molecule has 8 heteroatoms. The summed E-state index contributed by atoms with van der Waals surface area (Å²) in [6.45, 7) is 3.76. The largest absolute Gasteiger partial charge is 0.481 e. The van der Waals surface area contributed by atoms with E-state index >= 15 is 0 Å². The first-order chi connectivity index (χ1) is 9.26. The highest BCUT2D eigenvalue weighted by Gasteiger charge is 2.24. The van der Waals surface area contributed by atoms with Gasteiger partial charge < -0.3 is 30.5 Å². The number of aliphatic carboxylic acids is 1. The third-order valence-electron chi connectivity index (χ3n) is 2.62. The maximum atomic E-state index is 11.4. The summed E-state index contributed by atoms with van der Waals surface area (Å²) in [5, 5.41) is 23.3. The van der Waals surface area contributed by atoms with Crippen LogP contribution in [0.1, 0.15) is 13.3 Å². The first-order valence-electron chi connectivity index (χ1n) is 6.40. The number of carbonyl (C=O) groups excluding carboxylic acids is 1. The van der Waals surface area contributed by atoms with Crippen LogP contribution >= 0.6 is 0 Å². The first kappa shape index (κ1) is 18.6. The van der Waals surface area contributed by atoms with Crippen LogP contribution in [0.3, 0.4) is 0 Å². The first-order valence-corrected chi connectivity index (χ1v) is 6.40. The number of urea groups is 1. The van der Waals surface area contributed by atoms with Crippen molar-refractivity contribution < 1.29 is 24.5 Å². The molecule has 8 nitrogen and oxygen atoms in total. The molecule has 0 heterocycles. The van der Waals surface area contributed by atoms with E-state index in [4.69, 9.17) is 9.84 Å². The minimum Gasteiger partial charge on any atom is -0.481 e. The highest BCUT2D eigenvalue weighted by Crippen LogP contribution is 2.06. The number of carboxylic acids is 1. The fraction of sp³-hybridized carbons (Fsp3) is 0.833. The number of nitrogens with one attached hydrogen (secondary N) is 2. The van der Waals surface area contributed by atoms with Gasteiger partial charge in [0.2, 0.25) is 0 Å². The van der Waals surface area contributed by atoms with Gasteiger partial charge in [-0.1, -0.05) is 0 Å². The lowest BCUT2D eigenvalue weighted by molar-refractivity contribution is -0.141. The third-order valence-corrected chi connectivity index (χ3v) is 2.62. The Hall–Kier alpha value is -1.38. The van der Waals surface area contributed by atoms with E-state index in [2.05, 4.69) is 10.6 Å². The molecule has 0 spiro atoms. The predicted octanol–water partition coefficient (Wildman–Crippen LogP) is -0.910. The van der Waals surface area contributed by atoms with Gasteiger partial charge >= 0.3 is 12.0 Å². The topological polar surface area (TPSA) is 111 Å². The highest BCUT2D eigenvalue weighted by molar-refractivity contribution is 5.74. The van der Waals surface area contributed by atoms with Gasteiger partial charge in [-0.3, -0.25) is 4.79 Å². The van der Waals surface area contributed by atoms with E-state index in [9.17, 15) is 14.7 Å². The summed E-state index contributed by atoms with van der Waals surface area (Å²) < 4.78 is 4.93.